The molecule has 1 aliphatic heterocycles. The SMILES string of the molecule is CCCCOC(=O)[C@H](C)N[P@](=O)(OC[C@@]1(C)O[C@@H](c2ccc3c(N)ncnn23)[C@H](OC(=O)CC)[C@@H]1OC(=O)CC)Oc1ccccc1. The molecule has 16 heteroatoms. The molecule has 0 spiro atoms. The standard InChI is InChI=1S/C31H42N5O10P/c1-6-9-17-41-30(39)20(4)35-47(40,46-21-13-11-10-12-14-21)42-18-31(5)28(44-25(38)8-3)27(43-24(37)7-2)26(45-31)22-15-16-23-29(32)33-19-34-36(22)23/h10-16,19-20,26-28H,6-9,17-18H2,1-5H3,(H,35,40)(H2,32,33,34)/t20-,26-,27-,28-,31+,47-/m0/s1. The lowest BCUT2D eigenvalue weighted by atomic mass is 9.96. The van der Waals surface area contributed by atoms with Gasteiger partial charge in [0.05, 0.1) is 18.9 Å². The topological polar surface area (TPSA) is 192 Å². The highest BCUT2D eigenvalue weighted by molar-refractivity contribution is 7.52. The molecule has 256 valence electrons. The minimum absolute atomic E-state index is 0.0131. The van der Waals surface area contributed by atoms with Crippen LogP contribution in [0.2, 0.25) is 0 Å². The normalized spacial score (nSPS) is 22.7. The van der Waals surface area contributed by atoms with Gasteiger partial charge in [-0.1, -0.05) is 45.4 Å². The third-order valence-electron chi connectivity index (χ3n) is 7.44. The van der Waals surface area contributed by atoms with E-state index in [2.05, 4.69) is 15.2 Å². The van der Waals surface area contributed by atoms with Crippen molar-refractivity contribution in [1.82, 2.24) is 19.7 Å². The number of esters is 3. The van der Waals surface area contributed by atoms with Crippen molar-refractivity contribution in [2.24, 2.45) is 0 Å². The smallest absolute Gasteiger partial charge is 0.459 e. The summed E-state index contributed by atoms with van der Waals surface area (Å²) in [5.74, 6) is -1.41. The molecule has 1 aliphatic rings. The second-order valence-corrected chi connectivity index (χ2v) is 12.9. The number of anilines is 1. The van der Waals surface area contributed by atoms with Gasteiger partial charge in [0, 0.05) is 12.8 Å². The number of nitrogens with zero attached hydrogens (tertiary/aromatic N) is 3. The van der Waals surface area contributed by atoms with Gasteiger partial charge in [-0.05, 0) is 44.5 Å². The third kappa shape index (κ3) is 8.66. The maximum absolute atomic E-state index is 14.3. The molecule has 1 saturated heterocycles. The zero-order valence-corrected chi connectivity index (χ0v) is 28.0. The summed E-state index contributed by atoms with van der Waals surface area (Å²) in [4.78, 5) is 42.1. The molecule has 0 bridgehead atoms. The lowest BCUT2D eigenvalue weighted by Crippen LogP contribution is -2.48. The van der Waals surface area contributed by atoms with Crippen LogP contribution in [0.25, 0.3) is 5.52 Å². The number of hydrogen-bond acceptors (Lipinski definition) is 13. The largest absolute Gasteiger partial charge is 0.465 e. The predicted octanol–water partition coefficient (Wildman–Crippen LogP) is 4.31. The second kappa shape index (κ2) is 15.7. The number of nitrogen functional groups attached to an aromatic ring is 1. The highest BCUT2D eigenvalue weighted by Gasteiger charge is 2.59. The molecule has 2 aromatic heterocycles. The van der Waals surface area contributed by atoms with Gasteiger partial charge in [-0.2, -0.15) is 10.2 Å². The quantitative estimate of drug-likeness (QED) is 0.0944. The number of ether oxygens (including phenoxy) is 4. The van der Waals surface area contributed by atoms with E-state index in [0.717, 1.165) is 6.42 Å². The van der Waals surface area contributed by atoms with Gasteiger partial charge in [0.25, 0.3) is 0 Å². The number of fused-ring (bicyclic) bond motifs is 1. The molecule has 3 N–H and O–H groups in total. The highest BCUT2D eigenvalue weighted by Crippen LogP contribution is 2.50. The summed E-state index contributed by atoms with van der Waals surface area (Å²) in [5.41, 5.74) is 5.38. The Bertz CT molecular complexity index is 1590. The van der Waals surface area contributed by atoms with Crippen molar-refractivity contribution >= 4 is 37.0 Å². The van der Waals surface area contributed by atoms with E-state index in [-0.39, 0.29) is 31.0 Å². The van der Waals surface area contributed by atoms with Crippen molar-refractivity contribution in [3.8, 4) is 5.75 Å². The molecule has 3 aromatic rings. The summed E-state index contributed by atoms with van der Waals surface area (Å²) in [5, 5.41) is 6.94. The lowest BCUT2D eigenvalue weighted by molar-refractivity contribution is -0.171. The molecule has 0 amide bonds. The summed E-state index contributed by atoms with van der Waals surface area (Å²) >= 11 is 0. The molecular formula is C31H42N5O10P. The van der Waals surface area contributed by atoms with E-state index in [1.165, 1.54) is 17.8 Å². The lowest BCUT2D eigenvalue weighted by Gasteiger charge is -2.32. The van der Waals surface area contributed by atoms with Crippen LogP contribution in [0.4, 0.5) is 5.82 Å². The van der Waals surface area contributed by atoms with Gasteiger partial charge in [-0.25, -0.2) is 14.1 Å². The molecule has 0 aliphatic carbocycles. The summed E-state index contributed by atoms with van der Waals surface area (Å²) in [6.45, 7) is 7.95. The fourth-order valence-electron chi connectivity index (χ4n) is 4.89. The number of para-hydroxylation sites is 1. The van der Waals surface area contributed by atoms with Crippen LogP contribution in [0.5, 0.6) is 5.75 Å². The Balaban J connectivity index is 1.70. The van der Waals surface area contributed by atoms with Gasteiger partial charge in [-0.3, -0.25) is 18.9 Å². The van der Waals surface area contributed by atoms with Gasteiger partial charge in [0.2, 0.25) is 0 Å². The first kappa shape index (κ1) is 35.8. The maximum atomic E-state index is 14.3. The predicted molar refractivity (Wildman–Crippen MR) is 169 cm³/mol. The summed E-state index contributed by atoms with van der Waals surface area (Å²) in [7, 11) is -4.35. The van der Waals surface area contributed by atoms with E-state index in [4.69, 9.17) is 33.7 Å². The summed E-state index contributed by atoms with van der Waals surface area (Å²) in [6.07, 6.45) is -0.642. The molecule has 15 nitrogen and oxygen atoms in total. The van der Waals surface area contributed by atoms with E-state index in [1.54, 1.807) is 63.2 Å². The molecule has 0 unspecified atom stereocenters. The average molecular weight is 676 g/mol. The number of carbonyl (C=O) groups excluding carboxylic acids is 3. The van der Waals surface area contributed by atoms with E-state index in [1.807, 2.05) is 6.92 Å². The fourth-order valence-corrected chi connectivity index (χ4v) is 6.48. The maximum Gasteiger partial charge on any atom is 0.459 e. The number of nitrogens with two attached hydrogens (primary N) is 1. The zero-order chi connectivity index (χ0) is 34.2. The molecule has 6 atom stereocenters. The van der Waals surface area contributed by atoms with Crippen LogP contribution in [-0.4, -0.2) is 69.6 Å². The Morgan fingerprint density at radius 2 is 1.79 bits per heavy atom. The summed E-state index contributed by atoms with van der Waals surface area (Å²) < 4.78 is 51.0. The molecule has 4 rings (SSSR count). The van der Waals surface area contributed by atoms with Crippen LogP contribution in [0.1, 0.15) is 72.1 Å². The Morgan fingerprint density at radius 3 is 2.47 bits per heavy atom. The molecule has 0 radical (unpaired) electrons. The molecule has 1 fully saturated rings. The van der Waals surface area contributed by atoms with Crippen molar-refractivity contribution in [2.45, 2.75) is 90.3 Å². The van der Waals surface area contributed by atoms with Crippen molar-refractivity contribution in [1.29, 1.82) is 0 Å². The van der Waals surface area contributed by atoms with E-state index in [0.29, 0.717) is 17.6 Å². The third-order valence-corrected chi connectivity index (χ3v) is 9.06. The number of nitrogens with one attached hydrogen (secondary N) is 1. The number of benzene rings is 1. The van der Waals surface area contributed by atoms with Crippen LogP contribution in [0.3, 0.4) is 0 Å². The Labute approximate surface area is 273 Å². The number of aromatic nitrogens is 3. The number of hydrogen-bond donors (Lipinski definition) is 2. The van der Waals surface area contributed by atoms with Crippen molar-refractivity contribution in [3.05, 3.63) is 54.5 Å². The average Bonchev–Trinajstić information content (AvgIpc) is 3.60. The van der Waals surface area contributed by atoms with Gasteiger partial charge in [-0.15, -0.1) is 0 Å². The van der Waals surface area contributed by atoms with E-state index < -0.39 is 62.2 Å². The van der Waals surface area contributed by atoms with Crippen LogP contribution in [0.15, 0.2) is 48.8 Å². The zero-order valence-electron chi connectivity index (χ0n) is 27.1. The fraction of sp³-hybridized carbons (Fsp3) is 0.516. The molecule has 47 heavy (non-hydrogen) atoms. The molecule has 1 aromatic carbocycles. The molecule has 3 heterocycles. The van der Waals surface area contributed by atoms with E-state index in [9.17, 15) is 18.9 Å². The van der Waals surface area contributed by atoms with Crippen LogP contribution in [0, 0.1) is 0 Å². The number of unbranched alkanes of at least 4 members (excludes halogenated alkanes) is 1. The first-order valence-electron chi connectivity index (χ1n) is 15.5. The monoisotopic (exact) mass is 675 g/mol. The van der Waals surface area contributed by atoms with Gasteiger partial charge >= 0.3 is 25.7 Å². The van der Waals surface area contributed by atoms with Crippen LogP contribution in [-0.2, 0) is 42.4 Å². The Kier molecular flexibility index (Phi) is 12.0. The summed E-state index contributed by atoms with van der Waals surface area (Å²) in [6, 6.07) is 10.5. The number of rotatable bonds is 16. The molecule has 0 saturated carbocycles. The van der Waals surface area contributed by atoms with Crippen molar-refractivity contribution in [3.63, 3.8) is 0 Å². The first-order chi connectivity index (χ1) is 22.4. The number of carbonyl (C=O) groups is 3. The van der Waals surface area contributed by atoms with Crippen molar-refractivity contribution in [2.75, 3.05) is 18.9 Å². The van der Waals surface area contributed by atoms with Gasteiger partial charge in [0.1, 0.15) is 35.3 Å². The first-order valence-corrected chi connectivity index (χ1v) is 17.1. The Morgan fingerprint density at radius 1 is 1.09 bits per heavy atom. The van der Waals surface area contributed by atoms with Crippen molar-refractivity contribution < 1.29 is 46.9 Å². The van der Waals surface area contributed by atoms with Crippen LogP contribution < -0.4 is 15.3 Å². The van der Waals surface area contributed by atoms with E-state index >= 15 is 0 Å². The van der Waals surface area contributed by atoms with Crippen LogP contribution >= 0.6 is 7.75 Å². The minimum Gasteiger partial charge on any atom is -0.465 e. The van der Waals surface area contributed by atoms with Gasteiger partial charge in [0.15, 0.2) is 18.0 Å². The van der Waals surface area contributed by atoms with Gasteiger partial charge < -0.3 is 29.2 Å². The highest BCUT2D eigenvalue weighted by atomic mass is 31.2. The Hall–Kier alpha value is -4.04. The minimum atomic E-state index is -4.35. The molecular weight excluding hydrogens is 633 g/mol. The second-order valence-electron chi connectivity index (χ2n) is 11.2.